The molecule has 0 radical (unpaired) electrons. The van der Waals surface area contributed by atoms with Gasteiger partial charge in [0.15, 0.2) is 5.13 Å². The quantitative estimate of drug-likeness (QED) is 0.802. The number of hydrogen-bond acceptors (Lipinski definition) is 5. The Bertz CT molecular complexity index is 409. The van der Waals surface area contributed by atoms with Gasteiger partial charge in [-0.3, -0.25) is 9.00 Å². The number of anilines is 1. The second kappa shape index (κ2) is 4.92. The number of nitrogens with two attached hydrogens (primary N) is 1. The molecule has 1 aliphatic rings. The molecule has 1 saturated heterocycles. The molecule has 0 atom stereocenters. The third-order valence-corrected chi connectivity index (χ3v) is 4.43. The third kappa shape index (κ3) is 2.79. The zero-order chi connectivity index (χ0) is 11.5. The lowest BCUT2D eigenvalue weighted by Gasteiger charge is -2.26. The van der Waals surface area contributed by atoms with Crippen molar-refractivity contribution in [3.05, 3.63) is 11.1 Å². The minimum absolute atomic E-state index is 0.0435. The topological polar surface area (TPSA) is 76.3 Å². The Morgan fingerprint density at radius 2 is 2.25 bits per heavy atom. The Morgan fingerprint density at radius 3 is 2.81 bits per heavy atom. The summed E-state index contributed by atoms with van der Waals surface area (Å²) in [5.41, 5.74) is 6.21. The molecule has 16 heavy (non-hydrogen) atoms. The van der Waals surface area contributed by atoms with E-state index in [2.05, 4.69) is 4.98 Å². The number of nitrogen functional groups attached to an aromatic ring is 1. The Kier molecular flexibility index (Phi) is 3.55. The van der Waals surface area contributed by atoms with E-state index in [-0.39, 0.29) is 5.91 Å². The van der Waals surface area contributed by atoms with Crippen LogP contribution in [0.5, 0.6) is 0 Å². The molecule has 0 unspecified atom stereocenters. The maximum absolute atomic E-state index is 11.8. The van der Waals surface area contributed by atoms with E-state index in [1.807, 2.05) is 0 Å². The minimum Gasteiger partial charge on any atom is -0.375 e. The fourth-order valence-corrected chi connectivity index (χ4v) is 3.17. The molecule has 88 valence electrons. The van der Waals surface area contributed by atoms with Gasteiger partial charge in [0.1, 0.15) is 0 Å². The van der Waals surface area contributed by atoms with E-state index in [0.717, 1.165) is 5.69 Å². The van der Waals surface area contributed by atoms with Gasteiger partial charge in [0.25, 0.3) is 0 Å². The highest BCUT2D eigenvalue weighted by atomic mass is 32.2. The van der Waals surface area contributed by atoms with Crippen LogP contribution in [0.4, 0.5) is 5.13 Å². The summed E-state index contributed by atoms with van der Waals surface area (Å²) in [6.45, 7) is 1.18. The molecule has 0 bridgehead atoms. The molecule has 1 aromatic rings. The van der Waals surface area contributed by atoms with E-state index in [0.29, 0.717) is 36.1 Å². The molecule has 1 aromatic heterocycles. The monoisotopic (exact) mass is 259 g/mol. The van der Waals surface area contributed by atoms with Crippen molar-refractivity contribution in [1.29, 1.82) is 0 Å². The number of carbonyl (C=O) groups is 1. The number of amides is 1. The van der Waals surface area contributed by atoms with Gasteiger partial charge in [0.2, 0.25) is 5.91 Å². The molecule has 1 aliphatic heterocycles. The first-order valence-electron chi connectivity index (χ1n) is 4.98. The molecule has 7 heteroatoms. The van der Waals surface area contributed by atoms with Crippen LogP contribution < -0.4 is 5.73 Å². The van der Waals surface area contributed by atoms with E-state index in [4.69, 9.17) is 5.73 Å². The lowest BCUT2D eigenvalue weighted by molar-refractivity contribution is -0.130. The van der Waals surface area contributed by atoms with Gasteiger partial charge in [-0.05, 0) is 0 Å². The van der Waals surface area contributed by atoms with Crippen LogP contribution in [0.3, 0.4) is 0 Å². The lowest BCUT2D eigenvalue weighted by atomic mass is 10.3. The van der Waals surface area contributed by atoms with Crippen LogP contribution >= 0.6 is 11.3 Å². The van der Waals surface area contributed by atoms with E-state index < -0.39 is 10.8 Å². The van der Waals surface area contributed by atoms with Gasteiger partial charge in [-0.25, -0.2) is 4.98 Å². The van der Waals surface area contributed by atoms with E-state index in [1.165, 1.54) is 11.3 Å². The minimum atomic E-state index is -0.747. The van der Waals surface area contributed by atoms with Crippen molar-refractivity contribution < 1.29 is 9.00 Å². The van der Waals surface area contributed by atoms with Crippen LogP contribution in [0.2, 0.25) is 0 Å². The molecule has 2 N–H and O–H groups in total. The SMILES string of the molecule is Nc1nc(CC(=O)N2CCS(=O)CC2)cs1. The summed E-state index contributed by atoms with van der Waals surface area (Å²) in [6, 6.07) is 0. The molecule has 5 nitrogen and oxygen atoms in total. The number of thiazole rings is 1. The standard InChI is InChI=1S/C9H13N3O2S2/c10-9-11-7(6-15-9)5-8(13)12-1-3-16(14)4-2-12/h6H,1-5H2,(H2,10,11). The van der Waals surface area contributed by atoms with Crippen molar-refractivity contribution in [2.75, 3.05) is 30.3 Å². The zero-order valence-corrected chi connectivity index (χ0v) is 10.4. The lowest BCUT2D eigenvalue weighted by Crippen LogP contribution is -2.42. The van der Waals surface area contributed by atoms with Gasteiger partial charge >= 0.3 is 0 Å². The molecule has 2 heterocycles. The molecular weight excluding hydrogens is 246 g/mol. The maximum atomic E-state index is 11.8. The van der Waals surface area contributed by atoms with Crippen molar-refractivity contribution in [3.8, 4) is 0 Å². The van der Waals surface area contributed by atoms with Crippen molar-refractivity contribution >= 4 is 33.2 Å². The Balaban J connectivity index is 1.91. The average molecular weight is 259 g/mol. The highest BCUT2D eigenvalue weighted by Crippen LogP contribution is 2.12. The summed E-state index contributed by atoms with van der Waals surface area (Å²) in [6.07, 6.45) is 0.292. The first-order chi connectivity index (χ1) is 7.65. The number of hydrogen-bond donors (Lipinski definition) is 1. The van der Waals surface area contributed by atoms with Crippen molar-refractivity contribution in [2.24, 2.45) is 0 Å². The second-order valence-corrected chi connectivity index (χ2v) is 6.17. The molecular formula is C9H13N3O2S2. The predicted molar refractivity (Wildman–Crippen MR) is 64.7 cm³/mol. The molecule has 1 amide bonds. The highest BCUT2D eigenvalue weighted by Gasteiger charge is 2.20. The molecule has 2 rings (SSSR count). The molecule has 0 spiro atoms. The normalized spacial score (nSPS) is 17.6. The average Bonchev–Trinajstić information content (AvgIpc) is 2.65. The van der Waals surface area contributed by atoms with Crippen molar-refractivity contribution in [2.45, 2.75) is 6.42 Å². The van der Waals surface area contributed by atoms with Gasteiger partial charge in [-0.1, -0.05) is 0 Å². The van der Waals surface area contributed by atoms with Crippen LogP contribution in [0.1, 0.15) is 5.69 Å². The summed E-state index contributed by atoms with van der Waals surface area (Å²) in [4.78, 5) is 17.6. The summed E-state index contributed by atoms with van der Waals surface area (Å²) in [5, 5.41) is 2.29. The van der Waals surface area contributed by atoms with Crippen LogP contribution in [-0.2, 0) is 22.0 Å². The summed E-state index contributed by atoms with van der Waals surface area (Å²) >= 11 is 1.34. The van der Waals surface area contributed by atoms with E-state index in [1.54, 1.807) is 10.3 Å². The molecule has 0 aromatic carbocycles. The van der Waals surface area contributed by atoms with Crippen LogP contribution in [-0.4, -0.2) is 44.6 Å². The fourth-order valence-electron chi connectivity index (χ4n) is 1.56. The second-order valence-electron chi connectivity index (χ2n) is 3.58. The number of aromatic nitrogens is 1. The first-order valence-corrected chi connectivity index (χ1v) is 7.34. The highest BCUT2D eigenvalue weighted by molar-refractivity contribution is 7.85. The van der Waals surface area contributed by atoms with Crippen LogP contribution in [0, 0.1) is 0 Å². The van der Waals surface area contributed by atoms with E-state index >= 15 is 0 Å². The van der Waals surface area contributed by atoms with Crippen LogP contribution in [0.15, 0.2) is 5.38 Å². The number of rotatable bonds is 2. The van der Waals surface area contributed by atoms with Gasteiger partial charge in [0.05, 0.1) is 12.1 Å². The largest absolute Gasteiger partial charge is 0.375 e. The first kappa shape index (κ1) is 11.5. The van der Waals surface area contributed by atoms with Gasteiger partial charge in [0, 0.05) is 40.8 Å². The molecule has 1 fully saturated rings. The number of carbonyl (C=O) groups excluding carboxylic acids is 1. The van der Waals surface area contributed by atoms with Crippen molar-refractivity contribution in [1.82, 2.24) is 9.88 Å². The molecule has 0 saturated carbocycles. The maximum Gasteiger partial charge on any atom is 0.228 e. The Morgan fingerprint density at radius 1 is 1.56 bits per heavy atom. The summed E-state index contributed by atoms with van der Waals surface area (Å²) in [7, 11) is -0.747. The number of nitrogens with zero attached hydrogens (tertiary/aromatic N) is 2. The van der Waals surface area contributed by atoms with Crippen molar-refractivity contribution in [3.63, 3.8) is 0 Å². The zero-order valence-electron chi connectivity index (χ0n) is 8.72. The third-order valence-electron chi connectivity index (χ3n) is 2.43. The fraction of sp³-hybridized carbons (Fsp3) is 0.556. The Hall–Kier alpha value is -0.950. The van der Waals surface area contributed by atoms with Gasteiger partial charge in [-0.2, -0.15) is 0 Å². The summed E-state index contributed by atoms with van der Waals surface area (Å²) in [5.74, 6) is 1.22. The predicted octanol–water partition coefficient (Wildman–Crippen LogP) is -0.141. The molecule has 0 aliphatic carbocycles. The van der Waals surface area contributed by atoms with Gasteiger partial charge in [-0.15, -0.1) is 11.3 Å². The van der Waals surface area contributed by atoms with E-state index in [9.17, 15) is 9.00 Å². The van der Waals surface area contributed by atoms with Crippen LogP contribution in [0.25, 0.3) is 0 Å². The Labute approximate surface area is 100 Å². The van der Waals surface area contributed by atoms with Gasteiger partial charge < -0.3 is 10.6 Å². The smallest absolute Gasteiger partial charge is 0.228 e. The summed E-state index contributed by atoms with van der Waals surface area (Å²) < 4.78 is 11.1.